The molecule has 0 atom stereocenters. The topological polar surface area (TPSA) is 32.3 Å². The molecule has 1 rings (SSSR count). The minimum atomic E-state index is 0.312. The first-order valence-electron chi connectivity index (χ1n) is 4.76. The Morgan fingerprint density at radius 2 is 2.00 bits per heavy atom. The number of nitrogens with zero attached hydrogens (tertiary/aromatic N) is 1. The van der Waals surface area contributed by atoms with Gasteiger partial charge in [0.1, 0.15) is 0 Å². The first kappa shape index (κ1) is 9.52. The first-order valence-corrected chi connectivity index (χ1v) is 4.76. The lowest BCUT2D eigenvalue weighted by atomic mass is 9.99. The quantitative estimate of drug-likeness (QED) is 0.665. The smallest absolute Gasteiger partial charge is 0.222 e. The average molecular weight is 170 g/mol. The molecule has 0 aromatic rings. The lowest BCUT2D eigenvalue weighted by molar-refractivity contribution is -0.132. The van der Waals surface area contributed by atoms with Crippen LogP contribution in [-0.4, -0.2) is 37.0 Å². The van der Waals surface area contributed by atoms with E-state index in [4.69, 9.17) is 0 Å². The number of amides is 1. The van der Waals surface area contributed by atoms with Gasteiger partial charge in [-0.15, -0.1) is 0 Å². The third-order valence-electron chi connectivity index (χ3n) is 2.45. The van der Waals surface area contributed by atoms with Crippen molar-refractivity contribution in [3.8, 4) is 0 Å². The van der Waals surface area contributed by atoms with Crippen molar-refractivity contribution in [1.29, 1.82) is 0 Å². The fourth-order valence-corrected chi connectivity index (χ4v) is 1.45. The van der Waals surface area contributed by atoms with Crippen LogP contribution in [0.5, 0.6) is 0 Å². The number of hydrogen-bond donors (Lipinski definition) is 1. The third kappa shape index (κ3) is 2.21. The zero-order valence-corrected chi connectivity index (χ0v) is 7.97. The molecule has 1 aliphatic rings. The van der Waals surface area contributed by atoms with Gasteiger partial charge in [0.2, 0.25) is 5.91 Å². The van der Waals surface area contributed by atoms with Crippen molar-refractivity contribution in [3.05, 3.63) is 0 Å². The molecule has 0 bridgehead atoms. The van der Waals surface area contributed by atoms with E-state index >= 15 is 0 Å². The van der Waals surface area contributed by atoms with Crippen molar-refractivity contribution in [2.45, 2.75) is 20.3 Å². The summed E-state index contributed by atoms with van der Waals surface area (Å²) in [7, 11) is 0. The van der Waals surface area contributed by atoms with Crippen LogP contribution < -0.4 is 5.32 Å². The lowest BCUT2D eigenvalue weighted by Crippen LogP contribution is -2.45. The summed E-state index contributed by atoms with van der Waals surface area (Å²) in [5, 5.41) is 3.17. The molecule has 1 amide bonds. The summed E-state index contributed by atoms with van der Waals surface area (Å²) in [6.07, 6.45) is 0.731. The van der Waals surface area contributed by atoms with E-state index in [-0.39, 0.29) is 0 Å². The van der Waals surface area contributed by atoms with Crippen LogP contribution in [0.1, 0.15) is 20.3 Å². The second-order valence-corrected chi connectivity index (χ2v) is 3.29. The largest absolute Gasteiger partial charge is 0.343 e. The van der Waals surface area contributed by atoms with Crippen LogP contribution in [0, 0.1) is 5.92 Å². The molecule has 1 saturated heterocycles. The predicted molar refractivity (Wildman–Crippen MR) is 48.9 cm³/mol. The Balaban J connectivity index is 2.24. The van der Waals surface area contributed by atoms with Gasteiger partial charge in [-0.2, -0.15) is 0 Å². The number of nitrogens with one attached hydrogen (secondary N) is 1. The van der Waals surface area contributed by atoms with Crippen molar-refractivity contribution >= 4 is 5.91 Å². The van der Waals surface area contributed by atoms with E-state index in [0.29, 0.717) is 11.8 Å². The van der Waals surface area contributed by atoms with Crippen molar-refractivity contribution in [2.75, 3.05) is 26.2 Å². The fourth-order valence-electron chi connectivity index (χ4n) is 1.45. The molecule has 0 aromatic heterocycles. The molecular formula is C9H18N2O. The Hall–Kier alpha value is -0.570. The zero-order valence-electron chi connectivity index (χ0n) is 7.97. The van der Waals surface area contributed by atoms with Crippen molar-refractivity contribution < 1.29 is 4.79 Å². The summed E-state index contributed by atoms with van der Waals surface area (Å²) < 4.78 is 0. The van der Waals surface area contributed by atoms with Gasteiger partial charge in [0.25, 0.3) is 0 Å². The van der Waals surface area contributed by atoms with Crippen LogP contribution in [-0.2, 0) is 4.79 Å². The van der Waals surface area contributed by atoms with Crippen LogP contribution >= 0.6 is 0 Å². The standard InChI is InChI=1S/C9H18N2O/c1-3-11(4-2)9(12)5-8-6-10-7-8/h8,10H,3-7H2,1-2H3. The monoisotopic (exact) mass is 170 g/mol. The summed E-state index contributed by atoms with van der Waals surface area (Å²) in [6, 6.07) is 0. The molecule has 0 aromatic carbocycles. The van der Waals surface area contributed by atoms with E-state index in [1.165, 1.54) is 0 Å². The minimum Gasteiger partial charge on any atom is -0.343 e. The summed E-state index contributed by atoms with van der Waals surface area (Å²) >= 11 is 0. The second kappa shape index (κ2) is 4.45. The van der Waals surface area contributed by atoms with Gasteiger partial charge < -0.3 is 10.2 Å². The summed E-state index contributed by atoms with van der Waals surface area (Å²) in [4.78, 5) is 13.4. The molecule has 0 unspecified atom stereocenters. The number of carbonyl (C=O) groups excluding carboxylic acids is 1. The van der Waals surface area contributed by atoms with Gasteiger partial charge in [-0.25, -0.2) is 0 Å². The van der Waals surface area contributed by atoms with Crippen molar-refractivity contribution in [1.82, 2.24) is 10.2 Å². The molecule has 3 heteroatoms. The molecule has 0 radical (unpaired) electrons. The Morgan fingerprint density at radius 3 is 2.33 bits per heavy atom. The van der Waals surface area contributed by atoms with E-state index in [0.717, 1.165) is 32.6 Å². The highest BCUT2D eigenvalue weighted by Gasteiger charge is 2.21. The lowest BCUT2D eigenvalue weighted by Gasteiger charge is -2.29. The van der Waals surface area contributed by atoms with E-state index in [1.54, 1.807) is 0 Å². The molecular weight excluding hydrogens is 152 g/mol. The first-order chi connectivity index (χ1) is 5.77. The number of carbonyl (C=O) groups is 1. The van der Waals surface area contributed by atoms with Crippen LogP contribution in [0.15, 0.2) is 0 Å². The average Bonchev–Trinajstić information content (AvgIpc) is 1.99. The molecule has 12 heavy (non-hydrogen) atoms. The van der Waals surface area contributed by atoms with Gasteiger partial charge >= 0.3 is 0 Å². The molecule has 0 aliphatic carbocycles. The van der Waals surface area contributed by atoms with Crippen LogP contribution in [0.2, 0.25) is 0 Å². The van der Waals surface area contributed by atoms with Gasteiger partial charge in [-0.05, 0) is 32.9 Å². The van der Waals surface area contributed by atoms with Gasteiger partial charge in [0, 0.05) is 19.5 Å². The molecule has 1 aliphatic heterocycles. The van der Waals surface area contributed by atoms with E-state index in [9.17, 15) is 4.79 Å². The van der Waals surface area contributed by atoms with Crippen molar-refractivity contribution in [3.63, 3.8) is 0 Å². The number of rotatable bonds is 4. The highest BCUT2D eigenvalue weighted by Crippen LogP contribution is 2.10. The Morgan fingerprint density at radius 1 is 1.42 bits per heavy atom. The van der Waals surface area contributed by atoms with Crippen LogP contribution in [0.3, 0.4) is 0 Å². The molecule has 3 nitrogen and oxygen atoms in total. The molecule has 70 valence electrons. The van der Waals surface area contributed by atoms with E-state index < -0.39 is 0 Å². The summed E-state index contributed by atoms with van der Waals surface area (Å²) in [5.41, 5.74) is 0. The molecule has 1 fully saturated rings. The number of hydrogen-bond acceptors (Lipinski definition) is 2. The summed E-state index contributed by atoms with van der Waals surface area (Å²) in [6.45, 7) is 7.78. The highest BCUT2D eigenvalue weighted by molar-refractivity contribution is 5.76. The maximum atomic E-state index is 11.5. The molecule has 1 N–H and O–H groups in total. The highest BCUT2D eigenvalue weighted by atomic mass is 16.2. The Labute approximate surface area is 74.1 Å². The maximum Gasteiger partial charge on any atom is 0.222 e. The Bertz CT molecular complexity index is 151. The van der Waals surface area contributed by atoms with E-state index in [1.807, 2.05) is 18.7 Å². The molecule has 1 heterocycles. The van der Waals surface area contributed by atoms with Crippen molar-refractivity contribution in [2.24, 2.45) is 5.92 Å². The third-order valence-corrected chi connectivity index (χ3v) is 2.45. The Kier molecular flexibility index (Phi) is 3.53. The van der Waals surface area contributed by atoms with Gasteiger partial charge in [-0.3, -0.25) is 4.79 Å². The van der Waals surface area contributed by atoms with Crippen LogP contribution in [0.25, 0.3) is 0 Å². The van der Waals surface area contributed by atoms with Crippen LogP contribution in [0.4, 0.5) is 0 Å². The molecule has 0 spiro atoms. The minimum absolute atomic E-state index is 0.312. The normalized spacial score (nSPS) is 17.2. The van der Waals surface area contributed by atoms with E-state index in [2.05, 4.69) is 5.32 Å². The maximum absolute atomic E-state index is 11.5. The fraction of sp³-hybridized carbons (Fsp3) is 0.889. The zero-order chi connectivity index (χ0) is 8.97. The van der Waals surface area contributed by atoms with Gasteiger partial charge in [0.15, 0.2) is 0 Å². The second-order valence-electron chi connectivity index (χ2n) is 3.29. The van der Waals surface area contributed by atoms with Gasteiger partial charge in [-0.1, -0.05) is 0 Å². The van der Waals surface area contributed by atoms with Gasteiger partial charge in [0.05, 0.1) is 0 Å². The SMILES string of the molecule is CCN(CC)C(=O)CC1CNC1. The summed E-state index contributed by atoms with van der Waals surface area (Å²) in [5.74, 6) is 0.907. The molecule has 0 saturated carbocycles. The predicted octanol–water partition coefficient (Wildman–Crippen LogP) is 0.464.